The van der Waals surface area contributed by atoms with E-state index in [4.69, 9.17) is 5.11 Å². The molecule has 3 N–H and O–H groups in total. The number of rotatable bonds is 5. The van der Waals surface area contributed by atoms with E-state index in [0.29, 0.717) is 29.6 Å². The molecule has 0 spiro atoms. The van der Waals surface area contributed by atoms with Crippen molar-refractivity contribution < 1.29 is 14.3 Å². The Labute approximate surface area is 117 Å². The number of aromatic nitrogens is 1. The average molecular weight is 278 g/mol. The highest BCUT2D eigenvalue weighted by atomic mass is 19.1. The van der Waals surface area contributed by atoms with Crippen LogP contribution in [-0.2, 0) is 0 Å². The molecule has 2 rings (SSSR count). The van der Waals surface area contributed by atoms with Crippen molar-refractivity contribution in [2.24, 2.45) is 5.41 Å². The Kier molecular flexibility index (Phi) is 4.09. The first-order valence-electron chi connectivity index (χ1n) is 6.59. The first kappa shape index (κ1) is 14.5. The van der Waals surface area contributed by atoms with Crippen molar-refractivity contribution in [1.29, 1.82) is 0 Å². The first-order valence-corrected chi connectivity index (χ1v) is 6.59. The molecular weight excluding hydrogens is 259 g/mol. The van der Waals surface area contributed by atoms with Crippen LogP contribution in [0.3, 0.4) is 0 Å². The van der Waals surface area contributed by atoms with Crippen LogP contribution in [0.25, 0.3) is 10.9 Å². The summed E-state index contributed by atoms with van der Waals surface area (Å²) >= 11 is 0. The van der Waals surface area contributed by atoms with E-state index in [9.17, 15) is 9.18 Å². The highest BCUT2D eigenvalue weighted by Gasteiger charge is 2.19. The van der Waals surface area contributed by atoms with Gasteiger partial charge in [0.05, 0.1) is 0 Å². The number of aliphatic hydroxyl groups is 1. The van der Waals surface area contributed by atoms with Gasteiger partial charge in [-0.15, -0.1) is 0 Å². The fraction of sp³-hybridized carbons (Fsp3) is 0.400. The Hall–Kier alpha value is -1.88. The van der Waals surface area contributed by atoms with Crippen LogP contribution in [0.4, 0.5) is 4.39 Å². The summed E-state index contributed by atoms with van der Waals surface area (Å²) in [4.78, 5) is 15.0. The Morgan fingerprint density at radius 1 is 1.45 bits per heavy atom. The molecule has 5 heteroatoms. The largest absolute Gasteiger partial charge is 0.396 e. The second kappa shape index (κ2) is 5.63. The zero-order chi connectivity index (χ0) is 14.8. The number of benzene rings is 1. The number of hydrogen-bond acceptors (Lipinski definition) is 2. The number of hydrogen-bond donors (Lipinski definition) is 3. The SMILES string of the molecule is CC(C)(CCO)CNC(=O)c1cc2c(F)cccc2[nH]1. The highest BCUT2D eigenvalue weighted by molar-refractivity contribution is 5.98. The highest BCUT2D eigenvalue weighted by Crippen LogP contribution is 2.20. The molecule has 0 saturated carbocycles. The Bertz CT molecular complexity index is 619. The monoisotopic (exact) mass is 278 g/mol. The molecule has 0 saturated heterocycles. The summed E-state index contributed by atoms with van der Waals surface area (Å²) in [5.74, 6) is -0.620. The van der Waals surface area contributed by atoms with Gasteiger partial charge in [-0.3, -0.25) is 4.79 Å². The fourth-order valence-corrected chi connectivity index (χ4v) is 2.05. The standard InChI is InChI=1S/C15H19FN2O2/c1-15(2,6-7-19)9-17-14(20)13-8-10-11(16)4-3-5-12(10)18-13/h3-5,8,18-19H,6-7,9H2,1-2H3,(H,17,20). The van der Waals surface area contributed by atoms with Crippen molar-refractivity contribution in [1.82, 2.24) is 10.3 Å². The summed E-state index contributed by atoms with van der Waals surface area (Å²) in [6.07, 6.45) is 0.606. The topological polar surface area (TPSA) is 65.1 Å². The summed E-state index contributed by atoms with van der Waals surface area (Å²) in [6, 6.07) is 6.20. The van der Waals surface area contributed by atoms with E-state index in [1.54, 1.807) is 12.1 Å². The molecule has 0 aliphatic heterocycles. The maximum Gasteiger partial charge on any atom is 0.267 e. The Morgan fingerprint density at radius 3 is 2.85 bits per heavy atom. The summed E-state index contributed by atoms with van der Waals surface area (Å²) in [6.45, 7) is 4.47. The fourth-order valence-electron chi connectivity index (χ4n) is 2.05. The molecule has 0 unspecified atom stereocenters. The lowest BCUT2D eigenvalue weighted by molar-refractivity contribution is 0.0924. The number of amides is 1. The third-order valence-electron chi connectivity index (χ3n) is 3.37. The van der Waals surface area contributed by atoms with Crippen molar-refractivity contribution >= 4 is 16.8 Å². The second-order valence-electron chi connectivity index (χ2n) is 5.70. The van der Waals surface area contributed by atoms with Crippen LogP contribution in [0.15, 0.2) is 24.3 Å². The number of nitrogens with one attached hydrogen (secondary N) is 2. The smallest absolute Gasteiger partial charge is 0.267 e. The molecule has 1 aromatic carbocycles. The molecule has 0 aliphatic carbocycles. The van der Waals surface area contributed by atoms with Crippen LogP contribution in [0.5, 0.6) is 0 Å². The van der Waals surface area contributed by atoms with Gasteiger partial charge in [0.1, 0.15) is 11.5 Å². The van der Waals surface area contributed by atoms with Crippen molar-refractivity contribution in [3.05, 3.63) is 35.8 Å². The van der Waals surface area contributed by atoms with E-state index in [-0.39, 0.29) is 23.7 Å². The summed E-state index contributed by atoms with van der Waals surface area (Å²) in [5.41, 5.74) is 0.761. The minimum atomic E-state index is -0.349. The molecular formula is C15H19FN2O2. The molecule has 108 valence electrons. The predicted octanol–water partition coefficient (Wildman–Crippen LogP) is 2.45. The summed E-state index contributed by atoms with van der Waals surface area (Å²) in [7, 11) is 0. The van der Waals surface area contributed by atoms with Gasteiger partial charge >= 0.3 is 0 Å². The van der Waals surface area contributed by atoms with E-state index in [1.165, 1.54) is 12.1 Å². The minimum Gasteiger partial charge on any atom is -0.396 e. The van der Waals surface area contributed by atoms with Gasteiger partial charge in [0.15, 0.2) is 0 Å². The number of aromatic amines is 1. The maximum absolute atomic E-state index is 13.6. The van der Waals surface area contributed by atoms with Crippen LogP contribution in [-0.4, -0.2) is 29.1 Å². The number of aliphatic hydroxyl groups excluding tert-OH is 1. The number of H-pyrrole nitrogens is 1. The first-order chi connectivity index (χ1) is 9.43. The molecule has 0 radical (unpaired) electrons. The van der Waals surface area contributed by atoms with E-state index in [1.807, 2.05) is 13.8 Å². The molecule has 1 aromatic heterocycles. The lowest BCUT2D eigenvalue weighted by atomic mass is 9.90. The predicted molar refractivity (Wildman–Crippen MR) is 76.1 cm³/mol. The number of carbonyl (C=O) groups is 1. The molecule has 1 heterocycles. The Morgan fingerprint density at radius 2 is 2.20 bits per heavy atom. The van der Waals surface area contributed by atoms with Crippen LogP contribution in [0.2, 0.25) is 0 Å². The molecule has 20 heavy (non-hydrogen) atoms. The van der Waals surface area contributed by atoms with Crippen LogP contribution in [0.1, 0.15) is 30.8 Å². The van der Waals surface area contributed by atoms with Gasteiger partial charge in [-0.05, 0) is 30.0 Å². The van der Waals surface area contributed by atoms with Gasteiger partial charge in [0, 0.05) is 24.1 Å². The van der Waals surface area contributed by atoms with Crippen molar-refractivity contribution in [2.45, 2.75) is 20.3 Å². The van der Waals surface area contributed by atoms with Gasteiger partial charge in [-0.2, -0.15) is 0 Å². The van der Waals surface area contributed by atoms with Gasteiger partial charge < -0.3 is 15.4 Å². The van der Waals surface area contributed by atoms with E-state index in [2.05, 4.69) is 10.3 Å². The summed E-state index contributed by atoms with van der Waals surface area (Å²) < 4.78 is 13.6. The number of carbonyl (C=O) groups excluding carboxylic acids is 1. The van der Waals surface area contributed by atoms with E-state index in [0.717, 1.165) is 0 Å². The quantitative estimate of drug-likeness (QED) is 0.786. The van der Waals surface area contributed by atoms with E-state index < -0.39 is 0 Å². The van der Waals surface area contributed by atoms with Crippen molar-refractivity contribution in [3.63, 3.8) is 0 Å². The van der Waals surface area contributed by atoms with Crippen LogP contribution < -0.4 is 5.32 Å². The molecule has 1 amide bonds. The second-order valence-corrected chi connectivity index (χ2v) is 5.70. The summed E-state index contributed by atoms with van der Waals surface area (Å²) in [5, 5.41) is 12.2. The van der Waals surface area contributed by atoms with Crippen molar-refractivity contribution in [2.75, 3.05) is 13.2 Å². The molecule has 0 atom stereocenters. The Balaban J connectivity index is 2.10. The maximum atomic E-state index is 13.6. The lowest BCUT2D eigenvalue weighted by Gasteiger charge is -2.23. The van der Waals surface area contributed by atoms with Gasteiger partial charge in [0.2, 0.25) is 0 Å². The van der Waals surface area contributed by atoms with Gasteiger partial charge in [-0.25, -0.2) is 4.39 Å². The average Bonchev–Trinajstić information content (AvgIpc) is 2.81. The molecule has 2 aromatic rings. The zero-order valence-electron chi connectivity index (χ0n) is 11.7. The number of halogens is 1. The third kappa shape index (κ3) is 3.17. The molecule has 0 fully saturated rings. The minimum absolute atomic E-state index is 0.0838. The molecule has 0 bridgehead atoms. The number of fused-ring (bicyclic) bond motifs is 1. The normalized spacial score (nSPS) is 11.8. The van der Waals surface area contributed by atoms with Gasteiger partial charge in [0.25, 0.3) is 5.91 Å². The van der Waals surface area contributed by atoms with Gasteiger partial charge in [-0.1, -0.05) is 19.9 Å². The van der Waals surface area contributed by atoms with E-state index >= 15 is 0 Å². The van der Waals surface area contributed by atoms with Crippen LogP contribution >= 0.6 is 0 Å². The zero-order valence-corrected chi connectivity index (χ0v) is 11.7. The third-order valence-corrected chi connectivity index (χ3v) is 3.37. The lowest BCUT2D eigenvalue weighted by Crippen LogP contribution is -2.34. The van der Waals surface area contributed by atoms with Crippen molar-refractivity contribution in [3.8, 4) is 0 Å². The molecule has 4 nitrogen and oxygen atoms in total. The molecule has 0 aliphatic rings. The van der Waals surface area contributed by atoms with Crippen LogP contribution in [0, 0.1) is 11.2 Å².